The van der Waals surface area contributed by atoms with Gasteiger partial charge in [0.05, 0.1) is 5.56 Å². The lowest BCUT2D eigenvalue weighted by Crippen LogP contribution is -2.60. The number of aryl methyl sites for hydroxylation is 1. The summed E-state index contributed by atoms with van der Waals surface area (Å²) in [7, 11) is 0. The number of rotatable bonds is 4. The first-order valence-corrected chi connectivity index (χ1v) is 9.07. The van der Waals surface area contributed by atoms with Crippen molar-refractivity contribution in [1.29, 1.82) is 0 Å². The first kappa shape index (κ1) is 15.7. The van der Waals surface area contributed by atoms with Crippen molar-refractivity contribution < 1.29 is 14.3 Å². The molecule has 0 aliphatic heterocycles. The van der Waals surface area contributed by atoms with Crippen LogP contribution in [-0.2, 0) is 9.53 Å². The highest BCUT2D eigenvalue weighted by Crippen LogP contribution is 2.55. The minimum atomic E-state index is -0.422. The largest absolute Gasteiger partial charge is 0.452 e. The van der Waals surface area contributed by atoms with E-state index in [1.54, 1.807) is 12.1 Å². The summed E-state index contributed by atoms with van der Waals surface area (Å²) >= 11 is 0. The van der Waals surface area contributed by atoms with E-state index in [4.69, 9.17) is 4.74 Å². The van der Waals surface area contributed by atoms with Gasteiger partial charge in [-0.2, -0.15) is 0 Å². The average Bonchev–Trinajstić information content (AvgIpc) is 2.51. The summed E-state index contributed by atoms with van der Waals surface area (Å²) in [5.41, 5.74) is 1.37. The Bertz CT molecular complexity index is 631. The lowest BCUT2D eigenvalue weighted by atomic mass is 9.53. The molecule has 4 nitrogen and oxygen atoms in total. The molecule has 4 saturated carbocycles. The molecule has 4 heteroatoms. The van der Waals surface area contributed by atoms with Crippen molar-refractivity contribution in [3.63, 3.8) is 0 Å². The van der Waals surface area contributed by atoms with E-state index in [2.05, 4.69) is 5.32 Å². The molecule has 0 atom stereocenters. The molecule has 4 fully saturated rings. The lowest BCUT2D eigenvalue weighted by molar-refractivity contribution is -0.130. The smallest absolute Gasteiger partial charge is 0.338 e. The van der Waals surface area contributed by atoms with Gasteiger partial charge < -0.3 is 10.1 Å². The molecule has 0 spiro atoms. The molecule has 1 aromatic rings. The molecule has 24 heavy (non-hydrogen) atoms. The standard InChI is InChI=1S/C20H25NO3/c1-13-4-2-3-5-17(13)19(23)24-12-18(22)21-20-9-14-6-15(10-20)8-16(7-14)11-20/h2-5,14-16H,6-12H2,1H3,(H,21,22). The molecule has 0 radical (unpaired) electrons. The second-order valence-electron chi connectivity index (χ2n) is 8.14. The number of nitrogens with one attached hydrogen (secondary N) is 1. The topological polar surface area (TPSA) is 55.4 Å². The molecule has 1 aromatic carbocycles. The van der Waals surface area contributed by atoms with Crippen LogP contribution in [-0.4, -0.2) is 24.0 Å². The van der Waals surface area contributed by atoms with Gasteiger partial charge in [-0.25, -0.2) is 4.79 Å². The zero-order valence-corrected chi connectivity index (χ0v) is 14.2. The number of carbonyl (C=O) groups is 2. The zero-order valence-electron chi connectivity index (χ0n) is 14.2. The molecule has 5 rings (SSSR count). The van der Waals surface area contributed by atoms with E-state index in [1.807, 2.05) is 19.1 Å². The van der Waals surface area contributed by atoms with Gasteiger partial charge in [-0.3, -0.25) is 4.79 Å². The molecule has 4 bridgehead atoms. The van der Waals surface area contributed by atoms with Gasteiger partial charge in [0.2, 0.25) is 0 Å². The summed E-state index contributed by atoms with van der Waals surface area (Å²) in [6, 6.07) is 7.28. The quantitative estimate of drug-likeness (QED) is 0.864. The molecule has 4 aliphatic carbocycles. The number of hydrogen-bond acceptors (Lipinski definition) is 3. The van der Waals surface area contributed by atoms with E-state index in [-0.39, 0.29) is 18.1 Å². The zero-order chi connectivity index (χ0) is 16.7. The molecular weight excluding hydrogens is 302 g/mol. The summed E-state index contributed by atoms with van der Waals surface area (Å²) in [5.74, 6) is 1.77. The van der Waals surface area contributed by atoms with Gasteiger partial charge >= 0.3 is 5.97 Å². The maximum Gasteiger partial charge on any atom is 0.338 e. The van der Waals surface area contributed by atoms with Crippen molar-refractivity contribution in [3.05, 3.63) is 35.4 Å². The Hall–Kier alpha value is -1.84. The van der Waals surface area contributed by atoms with Gasteiger partial charge in [-0.1, -0.05) is 18.2 Å². The molecule has 1 amide bonds. The van der Waals surface area contributed by atoms with Gasteiger partial charge in [0.25, 0.3) is 5.91 Å². The van der Waals surface area contributed by atoms with Crippen LogP contribution < -0.4 is 5.32 Å². The fourth-order valence-corrected chi connectivity index (χ4v) is 5.61. The second-order valence-corrected chi connectivity index (χ2v) is 8.14. The number of amides is 1. The predicted molar refractivity (Wildman–Crippen MR) is 90.5 cm³/mol. The number of ether oxygens (including phenoxy) is 1. The Labute approximate surface area is 143 Å². The summed E-state index contributed by atoms with van der Waals surface area (Å²) < 4.78 is 5.23. The van der Waals surface area contributed by atoms with Crippen molar-refractivity contribution >= 4 is 11.9 Å². The van der Waals surface area contributed by atoms with Crippen LogP contribution in [0.25, 0.3) is 0 Å². The van der Waals surface area contributed by atoms with Gasteiger partial charge in [0.15, 0.2) is 6.61 Å². The Morgan fingerprint density at radius 1 is 1.08 bits per heavy atom. The summed E-state index contributed by atoms with van der Waals surface area (Å²) in [6.07, 6.45) is 7.36. The van der Waals surface area contributed by atoms with Crippen LogP contribution in [0.1, 0.15) is 54.4 Å². The van der Waals surface area contributed by atoms with Crippen molar-refractivity contribution in [2.45, 2.75) is 51.0 Å². The second kappa shape index (κ2) is 5.91. The summed E-state index contributed by atoms with van der Waals surface area (Å²) in [6.45, 7) is 1.68. The Kier molecular flexibility index (Phi) is 3.86. The maximum atomic E-state index is 12.4. The molecule has 0 saturated heterocycles. The molecular formula is C20H25NO3. The highest BCUT2D eigenvalue weighted by Gasteiger charge is 2.51. The van der Waals surface area contributed by atoms with Crippen LogP contribution in [0.3, 0.4) is 0 Å². The van der Waals surface area contributed by atoms with Gasteiger partial charge in [-0.15, -0.1) is 0 Å². The van der Waals surface area contributed by atoms with Crippen LogP contribution >= 0.6 is 0 Å². The Balaban J connectivity index is 1.34. The molecule has 1 N–H and O–H groups in total. The highest BCUT2D eigenvalue weighted by atomic mass is 16.5. The van der Waals surface area contributed by atoms with Gasteiger partial charge in [0.1, 0.15) is 0 Å². The lowest BCUT2D eigenvalue weighted by Gasteiger charge is -2.56. The molecule has 4 aliphatic rings. The number of hydrogen-bond donors (Lipinski definition) is 1. The average molecular weight is 327 g/mol. The summed E-state index contributed by atoms with van der Waals surface area (Å²) in [5, 5.41) is 3.23. The Morgan fingerprint density at radius 3 is 2.25 bits per heavy atom. The molecule has 0 unspecified atom stereocenters. The van der Waals surface area contributed by atoms with E-state index in [9.17, 15) is 9.59 Å². The molecule has 0 heterocycles. The molecule has 0 aromatic heterocycles. The minimum absolute atomic E-state index is 0.0269. The van der Waals surface area contributed by atoms with Crippen molar-refractivity contribution in [2.24, 2.45) is 17.8 Å². The third kappa shape index (κ3) is 2.94. The van der Waals surface area contributed by atoms with Crippen LogP contribution in [0.5, 0.6) is 0 Å². The monoisotopic (exact) mass is 327 g/mol. The first-order valence-electron chi connectivity index (χ1n) is 9.07. The SMILES string of the molecule is Cc1ccccc1C(=O)OCC(=O)NC12CC3CC(CC(C3)C1)C2. The molecule has 128 valence electrons. The van der Waals surface area contributed by atoms with E-state index in [0.717, 1.165) is 42.6 Å². The van der Waals surface area contributed by atoms with Crippen LogP contribution in [0.2, 0.25) is 0 Å². The van der Waals surface area contributed by atoms with Crippen molar-refractivity contribution in [2.75, 3.05) is 6.61 Å². The van der Waals surface area contributed by atoms with Crippen molar-refractivity contribution in [3.8, 4) is 0 Å². The van der Waals surface area contributed by atoms with Crippen LogP contribution in [0.15, 0.2) is 24.3 Å². The van der Waals surface area contributed by atoms with E-state index < -0.39 is 5.97 Å². The fraction of sp³-hybridized carbons (Fsp3) is 0.600. The fourth-order valence-electron chi connectivity index (χ4n) is 5.61. The van der Waals surface area contributed by atoms with Gasteiger partial charge in [0, 0.05) is 5.54 Å². The first-order chi connectivity index (χ1) is 11.5. The number of esters is 1. The van der Waals surface area contributed by atoms with Crippen LogP contribution in [0, 0.1) is 24.7 Å². The maximum absolute atomic E-state index is 12.4. The van der Waals surface area contributed by atoms with Crippen molar-refractivity contribution in [1.82, 2.24) is 5.32 Å². The van der Waals surface area contributed by atoms with Crippen LogP contribution in [0.4, 0.5) is 0 Å². The highest BCUT2D eigenvalue weighted by molar-refractivity contribution is 5.92. The summed E-state index contributed by atoms with van der Waals surface area (Å²) in [4.78, 5) is 24.5. The predicted octanol–water partition coefficient (Wildman–Crippen LogP) is 3.24. The minimum Gasteiger partial charge on any atom is -0.452 e. The van der Waals surface area contributed by atoms with E-state index in [0.29, 0.717) is 5.56 Å². The van der Waals surface area contributed by atoms with E-state index in [1.165, 1.54) is 19.3 Å². The van der Waals surface area contributed by atoms with E-state index >= 15 is 0 Å². The third-order valence-corrected chi connectivity index (χ3v) is 6.14. The number of carbonyl (C=O) groups excluding carboxylic acids is 2. The number of benzene rings is 1. The third-order valence-electron chi connectivity index (χ3n) is 6.14. The normalized spacial score (nSPS) is 33.3. The van der Waals surface area contributed by atoms with Gasteiger partial charge in [-0.05, 0) is 74.8 Å². The Morgan fingerprint density at radius 2 is 1.67 bits per heavy atom.